The third-order valence-electron chi connectivity index (χ3n) is 4.15. The van der Waals surface area contributed by atoms with Gasteiger partial charge in [0.1, 0.15) is 0 Å². The lowest BCUT2D eigenvalue weighted by atomic mass is 10.1. The summed E-state index contributed by atoms with van der Waals surface area (Å²) in [6, 6.07) is 4.01. The molecule has 1 aliphatic carbocycles. The van der Waals surface area contributed by atoms with Crippen molar-refractivity contribution in [2.45, 2.75) is 25.3 Å². The van der Waals surface area contributed by atoms with Crippen molar-refractivity contribution in [2.75, 3.05) is 19.8 Å². The van der Waals surface area contributed by atoms with E-state index in [1.807, 2.05) is 0 Å². The molecule has 118 valence electrons. The van der Waals surface area contributed by atoms with Crippen molar-refractivity contribution in [2.24, 2.45) is 5.92 Å². The fourth-order valence-corrected chi connectivity index (χ4v) is 2.76. The molecule has 0 radical (unpaired) electrons. The van der Waals surface area contributed by atoms with Crippen LogP contribution >= 0.6 is 0 Å². The van der Waals surface area contributed by atoms with E-state index in [1.54, 1.807) is 4.90 Å². The standard InChI is InChI=1S/C15H18N2O5/c18-14-4-1-11(7-13(14)17(20)21)15(19)16(12-2-3-12)8-10-5-6-22-9-10/h1,4,7,10,12,18H,2-3,5-6,8-9H2/t10-/m0/s1. The van der Waals surface area contributed by atoms with Gasteiger partial charge in [-0.2, -0.15) is 0 Å². The summed E-state index contributed by atoms with van der Waals surface area (Å²) in [4.78, 5) is 24.7. The van der Waals surface area contributed by atoms with Crippen LogP contribution in [0.3, 0.4) is 0 Å². The summed E-state index contributed by atoms with van der Waals surface area (Å²) in [5.74, 6) is -0.308. The van der Waals surface area contributed by atoms with E-state index in [0.717, 1.165) is 31.9 Å². The number of nitro groups is 1. The van der Waals surface area contributed by atoms with Crippen molar-refractivity contribution in [3.63, 3.8) is 0 Å². The predicted octanol–water partition coefficient (Wildman–Crippen LogP) is 1.94. The number of aromatic hydroxyl groups is 1. The third-order valence-corrected chi connectivity index (χ3v) is 4.15. The fraction of sp³-hybridized carbons (Fsp3) is 0.533. The molecule has 1 heterocycles. The number of carbonyl (C=O) groups is 1. The summed E-state index contributed by atoms with van der Waals surface area (Å²) < 4.78 is 5.35. The minimum absolute atomic E-state index is 0.211. The summed E-state index contributed by atoms with van der Waals surface area (Å²) in [5.41, 5.74) is -0.193. The number of ether oxygens (including phenoxy) is 1. The van der Waals surface area contributed by atoms with Crippen LogP contribution in [0.15, 0.2) is 18.2 Å². The Bertz CT molecular complexity index is 594. The summed E-state index contributed by atoms with van der Waals surface area (Å²) >= 11 is 0. The van der Waals surface area contributed by atoms with Crippen LogP contribution in [0.2, 0.25) is 0 Å². The third kappa shape index (κ3) is 3.04. The molecule has 1 amide bonds. The van der Waals surface area contributed by atoms with E-state index < -0.39 is 16.4 Å². The molecule has 1 aromatic carbocycles. The van der Waals surface area contributed by atoms with E-state index in [1.165, 1.54) is 12.1 Å². The number of rotatable bonds is 5. The second-order valence-electron chi connectivity index (χ2n) is 5.88. The highest BCUT2D eigenvalue weighted by Gasteiger charge is 2.35. The van der Waals surface area contributed by atoms with Gasteiger partial charge in [-0.3, -0.25) is 14.9 Å². The van der Waals surface area contributed by atoms with Crippen LogP contribution in [0.1, 0.15) is 29.6 Å². The lowest BCUT2D eigenvalue weighted by Gasteiger charge is -2.25. The van der Waals surface area contributed by atoms with Crippen molar-refractivity contribution >= 4 is 11.6 Å². The molecule has 1 N–H and O–H groups in total. The number of nitro benzene ring substituents is 1. The van der Waals surface area contributed by atoms with Gasteiger partial charge in [0.25, 0.3) is 5.91 Å². The summed E-state index contributed by atoms with van der Waals surface area (Å²) in [6.07, 6.45) is 2.88. The molecular weight excluding hydrogens is 288 g/mol. The maximum Gasteiger partial charge on any atom is 0.311 e. The smallest absolute Gasteiger partial charge is 0.311 e. The molecule has 7 heteroatoms. The molecule has 1 aromatic rings. The summed E-state index contributed by atoms with van der Waals surface area (Å²) in [7, 11) is 0. The van der Waals surface area contributed by atoms with E-state index in [4.69, 9.17) is 4.74 Å². The molecule has 2 fully saturated rings. The Kier molecular flexibility index (Phi) is 3.98. The van der Waals surface area contributed by atoms with E-state index in [0.29, 0.717) is 19.1 Å². The Morgan fingerprint density at radius 3 is 2.77 bits per heavy atom. The van der Waals surface area contributed by atoms with Gasteiger partial charge >= 0.3 is 5.69 Å². The Labute approximate surface area is 127 Å². The van der Waals surface area contributed by atoms with Crippen molar-refractivity contribution in [3.05, 3.63) is 33.9 Å². The van der Waals surface area contributed by atoms with Gasteiger partial charge in [-0.05, 0) is 31.4 Å². The SMILES string of the molecule is O=C(c1ccc(O)c([N+](=O)[O-])c1)N(C[C@@H]1CCOC1)C1CC1. The normalized spacial score (nSPS) is 20.8. The number of benzene rings is 1. The van der Waals surface area contributed by atoms with Crippen LogP contribution in [0, 0.1) is 16.0 Å². The molecule has 1 aliphatic heterocycles. The maximum absolute atomic E-state index is 12.7. The summed E-state index contributed by atoms with van der Waals surface area (Å²) in [5, 5.41) is 20.4. The van der Waals surface area contributed by atoms with Gasteiger partial charge in [0.2, 0.25) is 0 Å². The average molecular weight is 306 g/mol. The zero-order chi connectivity index (χ0) is 15.7. The zero-order valence-electron chi connectivity index (χ0n) is 12.1. The van der Waals surface area contributed by atoms with Gasteiger partial charge in [0.15, 0.2) is 5.75 Å². The second kappa shape index (κ2) is 5.92. The lowest BCUT2D eigenvalue weighted by molar-refractivity contribution is -0.385. The first-order chi connectivity index (χ1) is 10.6. The molecule has 3 rings (SSSR count). The Hall–Kier alpha value is -2.15. The molecule has 1 atom stereocenters. The van der Waals surface area contributed by atoms with Gasteiger partial charge in [-0.1, -0.05) is 0 Å². The quantitative estimate of drug-likeness (QED) is 0.663. The largest absolute Gasteiger partial charge is 0.502 e. The minimum atomic E-state index is -0.682. The molecule has 0 spiro atoms. The van der Waals surface area contributed by atoms with Crippen LogP contribution in [0.25, 0.3) is 0 Å². The number of carbonyl (C=O) groups excluding carboxylic acids is 1. The first kappa shape index (κ1) is 14.8. The Morgan fingerprint density at radius 2 is 2.18 bits per heavy atom. The number of hydrogen-bond acceptors (Lipinski definition) is 5. The topological polar surface area (TPSA) is 92.9 Å². The van der Waals surface area contributed by atoms with Crippen molar-refractivity contribution in [3.8, 4) is 5.75 Å². The molecule has 2 aliphatic rings. The van der Waals surface area contributed by atoms with Gasteiger partial charge < -0.3 is 14.7 Å². The Morgan fingerprint density at radius 1 is 1.41 bits per heavy atom. The number of hydrogen-bond donors (Lipinski definition) is 1. The van der Waals surface area contributed by atoms with Gasteiger partial charge in [-0.25, -0.2) is 0 Å². The number of amides is 1. The van der Waals surface area contributed by atoms with Crippen molar-refractivity contribution in [1.29, 1.82) is 0 Å². The number of nitrogens with zero attached hydrogens (tertiary/aromatic N) is 2. The molecule has 7 nitrogen and oxygen atoms in total. The first-order valence-corrected chi connectivity index (χ1v) is 7.42. The Balaban J connectivity index is 1.80. The minimum Gasteiger partial charge on any atom is -0.502 e. The highest BCUT2D eigenvalue weighted by Crippen LogP contribution is 2.32. The highest BCUT2D eigenvalue weighted by molar-refractivity contribution is 5.95. The van der Waals surface area contributed by atoms with E-state index in [9.17, 15) is 20.0 Å². The summed E-state index contributed by atoms with van der Waals surface area (Å²) in [6.45, 7) is 2.01. The molecular formula is C15H18N2O5. The predicted molar refractivity (Wildman–Crippen MR) is 77.7 cm³/mol. The lowest BCUT2D eigenvalue weighted by Crippen LogP contribution is -2.37. The molecule has 22 heavy (non-hydrogen) atoms. The molecule has 0 bridgehead atoms. The maximum atomic E-state index is 12.7. The zero-order valence-corrected chi connectivity index (χ0v) is 12.1. The average Bonchev–Trinajstić information content (AvgIpc) is 3.21. The first-order valence-electron chi connectivity index (χ1n) is 7.42. The molecule has 1 saturated heterocycles. The van der Waals surface area contributed by atoms with E-state index >= 15 is 0 Å². The second-order valence-corrected chi connectivity index (χ2v) is 5.88. The highest BCUT2D eigenvalue weighted by atomic mass is 16.6. The molecule has 1 saturated carbocycles. The van der Waals surface area contributed by atoms with Gasteiger partial charge in [0.05, 0.1) is 11.5 Å². The van der Waals surface area contributed by atoms with E-state index in [2.05, 4.69) is 0 Å². The van der Waals surface area contributed by atoms with Crippen LogP contribution < -0.4 is 0 Å². The molecule has 0 aromatic heterocycles. The monoisotopic (exact) mass is 306 g/mol. The molecule has 0 unspecified atom stereocenters. The van der Waals surface area contributed by atoms with Crippen molar-refractivity contribution < 1.29 is 19.6 Å². The van der Waals surface area contributed by atoms with Crippen LogP contribution in [-0.4, -0.2) is 46.6 Å². The van der Waals surface area contributed by atoms with E-state index in [-0.39, 0.29) is 17.5 Å². The van der Waals surface area contributed by atoms with Gasteiger partial charge in [0, 0.05) is 36.7 Å². The fourth-order valence-electron chi connectivity index (χ4n) is 2.76. The van der Waals surface area contributed by atoms with Crippen LogP contribution in [0.4, 0.5) is 5.69 Å². The van der Waals surface area contributed by atoms with Crippen LogP contribution in [0.5, 0.6) is 5.75 Å². The van der Waals surface area contributed by atoms with Gasteiger partial charge in [-0.15, -0.1) is 0 Å². The number of phenolic OH excluding ortho intramolecular Hbond substituents is 1. The number of phenols is 1. The van der Waals surface area contributed by atoms with Crippen molar-refractivity contribution in [1.82, 2.24) is 4.90 Å². The van der Waals surface area contributed by atoms with Crippen LogP contribution in [-0.2, 0) is 4.74 Å².